The SMILES string of the molecule is C1=CN2C=c3ccc(o3)=C2N1. The molecular formula is C8H6N2O. The fraction of sp³-hybridized carbons (Fsp3) is 0. The fourth-order valence-corrected chi connectivity index (χ4v) is 1.34. The number of furan rings is 1. The minimum Gasteiger partial charge on any atom is -0.452 e. The first-order valence-corrected chi connectivity index (χ1v) is 3.47. The molecule has 0 atom stereocenters. The first-order chi connectivity index (χ1) is 5.43. The quantitative estimate of drug-likeness (QED) is 0.533. The van der Waals surface area contributed by atoms with Gasteiger partial charge in [0.1, 0.15) is 5.42 Å². The van der Waals surface area contributed by atoms with E-state index in [-0.39, 0.29) is 0 Å². The van der Waals surface area contributed by atoms with Crippen LogP contribution in [0.15, 0.2) is 28.9 Å². The molecule has 1 N–H and O–H groups in total. The molecule has 0 spiro atoms. The Bertz CT molecular complexity index is 441. The molecule has 1 aromatic heterocycles. The molecule has 1 aromatic rings. The molecule has 2 aliphatic rings. The topological polar surface area (TPSA) is 28.4 Å². The molecule has 3 nitrogen and oxygen atoms in total. The van der Waals surface area contributed by atoms with Crippen molar-refractivity contribution in [1.29, 1.82) is 0 Å². The molecule has 0 aromatic carbocycles. The zero-order chi connectivity index (χ0) is 7.26. The van der Waals surface area contributed by atoms with Gasteiger partial charge in [-0.1, -0.05) is 0 Å². The summed E-state index contributed by atoms with van der Waals surface area (Å²) in [6.45, 7) is 0. The third-order valence-corrected chi connectivity index (χ3v) is 1.84. The van der Waals surface area contributed by atoms with E-state index in [0.717, 1.165) is 16.7 Å². The Hall–Kier alpha value is -1.64. The minimum atomic E-state index is 0.896. The van der Waals surface area contributed by atoms with Gasteiger partial charge in [0, 0.05) is 12.4 Å². The minimum absolute atomic E-state index is 0.896. The summed E-state index contributed by atoms with van der Waals surface area (Å²) in [5.41, 5.74) is 1.80. The van der Waals surface area contributed by atoms with Crippen molar-refractivity contribution >= 4 is 12.0 Å². The Balaban J connectivity index is 2.47. The third kappa shape index (κ3) is 0.526. The van der Waals surface area contributed by atoms with Crippen molar-refractivity contribution in [2.75, 3.05) is 0 Å². The summed E-state index contributed by atoms with van der Waals surface area (Å²) < 4.78 is 5.40. The summed E-state index contributed by atoms with van der Waals surface area (Å²) in [6.07, 6.45) is 5.79. The van der Waals surface area contributed by atoms with Gasteiger partial charge in [-0.05, 0) is 12.1 Å². The molecule has 0 saturated carbocycles. The van der Waals surface area contributed by atoms with Crippen molar-refractivity contribution in [1.82, 2.24) is 10.2 Å². The summed E-state index contributed by atoms with van der Waals surface area (Å²) in [6, 6.07) is 3.91. The van der Waals surface area contributed by atoms with Gasteiger partial charge in [-0.15, -0.1) is 0 Å². The van der Waals surface area contributed by atoms with Crippen LogP contribution in [0.3, 0.4) is 0 Å². The summed E-state index contributed by atoms with van der Waals surface area (Å²) in [7, 11) is 0. The third-order valence-electron chi connectivity index (χ3n) is 1.84. The lowest BCUT2D eigenvalue weighted by atomic mass is 10.5. The Labute approximate surface area is 62.9 Å². The largest absolute Gasteiger partial charge is 0.452 e. The van der Waals surface area contributed by atoms with Gasteiger partial charge in [-0.2, -0.15) is 0 Å². The molecule has 3 rings (SSSR count). The summed E-state index contributed by atoms with van der Waals surface area (Å²) in [5, 5.41) is 3.09. The molecule has 3 heterocycles. The molecule has 3 heteroatoms. The van der Waals surface area contributed by atoms with Gasteiger partial charge in [0.25, 0.3) is 0 Å². The predicted molar refractivity (Wildman–Crippen MR) is 39.9 cm³/mol. The van der Waals surface area contributed by atoms with Crippen molar-refractivity contribution in [2.24, 2.45) is 0 Å². The zero-order valence-corrected chi connectivity index (χ0v) is 5.74. The van der Waals surface area contributed by atoms with Crippen LogP contribution >= 0.6 is 0 Å². The van der Waals surface area contributed by atoms with E-state index in [1.165, 1.54) is 0 Å². The molecule has 0 aliphatic carbocycles. The highest BCUT2D eigenvalue weighted by atomic mass is 16.3. The van der Waals surface area contributed by atoms with Gasteiger partial charge in [-0.3, -0.25) is 0 Å². The fourth-order valence-electron chi connectivity index (χ4n) is 1.34. The average Bonchev–Trinajstić information content (AvgIpc) is 2.58. The van der Waals surface area contributed by atoms with Crippen LogP contribution in [0.1, 0.15) is 0 Å². The smallest absolute Gasteiger partial charge is 0.168 e. The monoisotopic (exact) mass is 146 g/mol. The number of hydrogen-bond donors (Lipinski definition) is 1. The van der Waals surface area contributed by atoms with Crippen LogP contribution in [-0.2, 0) is 0 Å². The van der Waals surface area contributed by atoms with Crippen molar-refractivity contribution in [3.63, 3.8) is 0 Å². The van der Waals surface area contributed by atoms with Crippen molar-refractivity contribution in [2.45, 2.75) is 0 Å². The molecule has 0 fully saturated rings. The summed E-state index contributed by atoms with van der Waals surface area (Å²) in [4.78, 5) is 2.01. The Morgan fingerprint density at radius 1 is 1.36 bits per heavy atom. The second kappa shape index (κ2) is 1.50. The lowest BCUT2D eigenvalue weighted by Gasteiger charge is -2.11. The maximum absolute atomic E-state index is 5.40. The molecule has 2 aliphatic heterocycles. The van der Waals surface area contributed by atoms with Crippen LogP contribution in [0.4, 0.5) is 0 Å². The highest BCUT2D eigenvalue weighted by Crippen LogP contribution is 2.09. The lowest BCUT2D eigenvalue weighted by molar-refractivity contribution is 0.467. The number of fused-ring (bicyclic) bond motifs is 3. The average molecular weight is 146 g/mol. The number of nitrogens with one attached hydrogen (secondary N) is 1. The Morgan fingerprint density at radius 3 is 3.36 bits per heavy atom. The second-order valence-electron chi connectivity index (χ2n) is 2.55. The van der Waals surface area contributed by atoms with Crippen LogP contribution in [0, 0.1) is 0 Å². The first kappa shape index (κ1) is 5.07. The van der Waals surface area contributed by atoms with Crippen LogP contribution in [0.5, 0.6) is 0 Å². The van der Waals surface area contributed by atoms with Crippen molar-refractivity contribution in [3.8, 4) is 0 Å². The van der Waals surface area contributed by atoms with E-state index in [4.69, 9.17) is 4.42 Å². The number of nitrogens with zero attached hydrogens (tertiary/aromatic N) is 1. The van der Waals surface area contributed by atoms with Gasteiger partial charge < -0.3 is 14.6 Å². The van der Waals surface area contributed by atoms with Gasteiger partial charge in [0.2, 0.25) is 0 Å². The standard InChI is InChI=1S/C8H6N2O/c1-2-7-8-9-3-4-10(8)5-6(1)11-7/h1-5,9H. The van der Waals surface area contributed by atoms with Crippen molar-refractivity contribution < 1.29 is 4.42 Å². The maximum atomic E-state index is 5.40. The van der Waals surface area contributed by atoms with E-state index in [9.17, 15) is 0 Å². The molecule has 11 heavy (non-hydrogen) atoms. The molecule has 2 bridgehead atoms. The summed E-state index contributed by atoms with van der Waals surface area (Å²) in [5.74, 6) is 1.00. The van der Waals surface area contributed by atoms with Crippen LogP contribution < -0.4 is 16.1 Å². The molecule has 54 valence electrons. The van der Waals surface area contributed by atoms with E-state index in [1.54, 1.807) is 0 Å². The van der Waals surface area contributed by atoms with Gasteiger partial charge in [0.05, 0.1) is 6.20 Å². The highest BCUT2D eigenvalue weighted by Gasteiger charge is 2.14. The molecule has 0 radical (unpaired) electrons. The predicted octanol–water partition coefficient (Wildman–Crippen LogP) is -0.527. The molecule has 0 amide bonds. The van der Waals surface area contributed by atoms with E-state index in [2.05, 4.69) is 5.32 Å². The van der Waals surface area contributed by atoms with Gasteiger partial charge in [-0.25, -0.2) is 0 Å². The van der Waals surface area contributed by atoms with E-state index < -0.39 is 0 Å². The summed E-state index contributed by atoms with van der Waals surface area (Å²) >= 11 is 0. The Kier molecular flexibility index (Phi) is 0.692. The number of rotatable bonds is 0. The molecule has 0 saturated heterocycles. The van der Waals surface area contributed by atoms with Crippen LogP contribution in [0.2, 0.25) is 0 Å². The van der Waals surface area contributed by atoms with E-state index in [0.29, 0.717) is 0 Å². The highest BCUT2D eigenvalue weighted by molar-refractivity contribution is 5.54. The molecular weight excluding hydrogens is 140 g/mol. The second-order valence-corrected chi connectivity index (χ2v) is 2.55. The maximum Gasteiger partial charge on any atom is 0.168 e. The van der Waals surface area contributed by atoms with Gasteiger partial charge >= 0.3 is 0 Å². The van der Waals surface area contributed by atoms with E-state index in [1.807, 2.05) is 35.6 Å². The van der Waals surface area contributed by atoms with Crippen LogP contribution in [-0.4, -0.2) is 4.90 Å². The normalized spacial score (nSPS) is 17.8. The zero-order valence-electron chi connectivity index (χ0n) is 5.74. The molecule has 0 unspecified atom stereocenters. The van der Waals surface area contributed by atoms with Gasteiger partial charge in [0.15, 0.2) is 11.2 Å². The van der Waals surface area contributed by atoms with Crippen molar-refractivity contribution in [3.05, 3.63) is 35.4 Å². The Morgan fingerprint density at radius 2 is 2.36 bits per heavy atom. The first-order valence-electron chi connectivity index (χ1n) is 3.47. The van der Waals surface area contributed by atoms with Crippen LogP contribution in [0.25, 0.3) is 12.0 Å². The van der Waals surface area contributed by atoms with E-state index >= 15 is 0 Å². The lowest BCUT2D eigenvalue weighted by Crippen LogP contribution is -2.25. The number of hydrogen-bond acceptors (Lipinski definition) is 3.